The predicted molar refractivity (Wildman–Crippen MR) is 144 cm³/mol. The SMILES string of the molecule is CCC(=O)OCON=[N+]([O-])N(C)C(C)(C)C(=O)NS(=O)(=O)c1ccc(-n2nc(C(F)(F)F)cc2-c2ccc(C)cc2)cc1. The Balaban J connectivity index is 1.81. The maximum absolute atomic E-state index is 13.5. The molecule has 1 amide bonds. The monoisotopic (exact) mass is 626 g/mol. The first-order valence-corrected chi connectivity index (χ1v) is 14.1. The van der Waals surface area contributed by atoms with Crippen molar-refractivity contribution in [3.8, 4) is 16.9 Å². The lowest BCUT2D eigenvalue weighted by atomic mass is 10.1. The molecule has 0 unspecified atom stereocenters. The molecule has 0 spiro atoms. The lowest BCUT2D eigenvalue weighted by Gasteiger charge is -2.29. The summed E-state index contributed by atoms with van der Waals surface area (Å²) in [6.45, 7) is 5.20. The second-order valence-electron chi connectivity index (χ2n) is 9.65. The number of aromatic nitrogens is 2. The van der Waals surface area contributed by atoms with Crippen molar-refractivity contribution in [2.24, 2.45) is 5.28 Å². The first-order chi connectivity index (χ1) is 20.0. The van der Waals surface area contributed by atoms with Gasteiger partial charge in [0.15, 0.2) is 11.2 Å². The minimum atomic E-state index is -4.72. The molecule has 0 fully saturated rings. The fourth-order valence-corrected chi connectivity index (χ4v) is 4.51. The molecule has 3 aromatic rings. The topological polar surface area (TPSA) is 158 Å². The van der Waals surface area contributed by atoms with Crippen molar-refractivity contribution in [1.82, 2.24) is 19.5 Å². The number of nitrogens with one attached hydrogen (secondary N) is 1. The van der Waals surface area contributed by atoms with E-state index < -0.39 is 46.1 Å². The molecule has 0 bridgehead atoms. The Bertz CT molecular complexity index is 1600. The molecule has 0 aliphatic carbocycles. The van der Waals surface area contributed by atoms with Gasteiger partial charge in [0.25, 0.3) is 22.7 Å². The first kappa shape index (κ1) is 32.8. The number of alkyl halides is 3. The van der Waals surface area contributed by atoms with Crippen LogP contribution in [0.4, 0.5) is 13.2 Å². The quantitative estimate of drug-likeness (QED) is 0.0826. The van der Waals surface area contributed by atoms with Crippen LogP contribution in [0.2, 0.25) is 0 Å². The van der Waals surface area contributed by atoms with Crippen LogP contribution in [0, 0.1) is 12.1 Å². The number of carbonyl (C=O) groups excluding carboxylic acids is 2. The van der Waals surface area contributed by atoms with Crippen LogP contribution in [-0.2, 0) is 35.4 Å². The van der Waals surface area contributed by atoms with E-state index in [1.54, 1.807) is 31.2 Å². The number of aryl methyl sites for hydroxylation is 1. The van der Waals surface area contributed by atoms with Gasteiger partial charge in [-0.3, -0.25) is 9.59 Å². The highest BCUT2D eigenvalue weighted by molar-refractivity contribution is 7.90. The molecule has 1 aromatic heterocycles. The standard InChI is InChI=1S/C26H29F3N6O7S/c1-6-23(36)41-16-42-32-35(38)33(5)25(3,4)24(37)31-43(39,40)20-13-11-19(12-14-20)34-21(15-22(30-34)26(27,28)29)18-9-7-17(2)8-10-18/h7-15H,6,16H2,1-5H3,(H,31,37). The number of hydrazine groups is 1. The minimum absolute atomic E-state index is 0.0749. The number of benzene rings is 2. The van der Waals surface area contributed by atoms with E-state index in [1.807, 2.05) is 11.6 Å². The molecule has 1 heterocycles. The third-order valence-electron chi connectivity index (χ3n) is 6.28. The molecular weight excluding hydrogens is 597 g/mol. The second kappa shape index (κ2) is 12.7. The van der Waals surface area contributed by atoms with E-state index in [4.69, 9.17) is 0 Å². The van der Waals surface area contributed by atoms with Crippen molar-refractivity contribution in [3.05, 3.63) is 71.1 Å². The average molecular weight is 627 g/mol. The molecule has 17 heteroatoms. The molecule has 3 rings (SSSR count). The number of esters is 1. The molecule has 232 valence electrons. The van der Waals surface area contributed by atoms with Crippen molar-refractivity contribution < 1.29 is 45.7 Å². The minimum Gasteiger partial charge on any atom is -0.569 e. The number of hydrogen-bond donors (Lipinski definition) is 1. The smallest absolute Gasteiger partial charge is 0.435 e. The van der Waals surface area contributed by atoms with Gasteiger partial charge >= 0.3 is 12.1 Å². The van der Waals surface area contributed by atoms with Crippen LogP contribution < -0.4 is 4.72 Å². The summed E-state index contributed by atoms with van der Waals surface area (Å²) in [6, 6.07) is 12.3. The van der Waals surface area contributed by atoms with Crippen LogP contribution in [-0.4, -0.2) is 59.4 Å². The number of ether oxygens (including phenoxy) is 1. The highest BCUT2D eigenvalue weighted by Crippen LogP contribution is 2.33. The van der Waals surface area contributed by atoms with Gasteiger partial charge in [0.1, 0.15) is 0 Å². The Morgan fingerprint density at radius 3 is 2.28 bits per heavy atom. The molecule has 1 N–H and O–H groups in total. The number of rotatable bonds is 11. The van der Waals surface area contributed by atoms with Crippen LogP contribution in [0.1, 0.15) is 38.4 Å². The average Bonchev–Trinajstić information content (AvgIpc) is 3.41. The van der Waals surface area contributed by atoms with Gasteiger partial charge in [-0.1, -0.05) is 36.8 Å². The van der Waals surface area contributed by atoms with Gasteiger partial charge < -0.3 is 14.8 Å². The van der Waals surface area contributed by atoms with Crippen LogP contribution in [0.5, 0.6) is 0 Å². The predicted octanol–water partition coefficient (Wildman–Crippen LogP) is 4.10. The molecule has 0 aliphatic rings. The second-order valence-corrected chi connectivity index (χ2v) is 11.3. The summed E-state index contributed by atoms with van der Waals surface area (Å²) in [6.07, 6.45) is -4.65. The number of sulfonamides is 1. The normalized spacial score (nSPS) is 12.5. The Kier molecular flexibility index (Phi) is 9.69. The van der Waals surface area contributed by atoms with Crippen LogP contribution in [0.25, 0.3) is 16.9 Å². The van der Waals surface area contributed by atoms with Crippen LogP contribution >= 0.6 is 0 Å². The van der Waals surface area contributed by atoms with E-state index >= 15 is 0 Å². The van der Waals surface area contributed by atoms with Crippen molar-refractivity contribution >= 4 is 21.9 Å². The fraction of sp³-hybridized carbons (Fsp3) is 0.346. The van der Waals surface area contributed by atoms with E-state index in [-0.39, 0.29) is 27.7 Å². The van der Waals surface area contributed by atoms with E-state index in [9.17, 15) is 36.4 Å². The summed E-state index contributed by atoms with van der Waals surface area (Å²) in [4.78, 5) is 28.1. The van der Waals surface area contributed by atoms with Crippen molar-refractivity contribution in [2.75, 3.05) is 13.8 Å². The van der Waals surface area contributed by atoms with E-state index in [0.717, 1.165) is 40.5 Å². The summed E-state index contributed by atoms with van der Waals surface area (Å²) in [5, 5.41) is 19.8. The maximum Gasteiger partial charge on any atom is 0.435 e. The summed E-state index contributed by atoms with van der Waals surface area (Å²) < 4.78 is 73.9. The number of likely N-dealkylation sites (N-methyl/N-ethyl adjacent to an activating group) is 1. The molecule has 2 aromatic carbocycles. The fourth-order valence-electron chi connectivity index (χ4n) is 3.40. The van der Waals surface area contributed by atoms with Crippen molar-refractivity contribution in [1.29, 1.82) is 0 Å². The summed E-state index contributed by atoms with van der Waals surface area (Å²) >= 11 is 0. The van der Waals surface area contributed by atoms with Crippen LogP contribution in [0.3, 0.4) is 0 Å². The van der Waals surface area contributed by atoms with Gasteiger partial charge in [-0.25, -0.2) is 17.8 Å². The van der Waals surface area contributed by atoms with E-state index in [0.29, 0.717) is 5.56 Å². The zero-order chi connectivity index (χ0) is 32.2. The zero-order valence-electron chi connectivity index (χ0n) is 23.7. The summed E-state index contributed by atoms with van der Waals surface area (Å²) in [7, 11) is -3.35. The Labute approximate surface area is 245 Å². The molecule has 0 saturated heterocycles. The Morgan fingerprint density at radius 2 is 1.72 bits per heavy atom. The van der Waals surface area contributed by atoms with Gasteiger partial charge in [0.2, 0.25) is 5.28 Å². The largest absolute Gasteiger partial charge is 0.569 e. The first-order valence-electron chi connectivity index (χ1n) is 12.6. The number of halogens is 3. The third kappa shape index (κ3) is 7.79. The molecule has 0 saturated carbocycles. The lowest BCUT2D eigenvalue weighted by molar-refractivity contribution is -0.717. The molecule has 13 nitrogen and oxygen atoms in total. The summed E-state index contributed by atoms with van der Waals surface area (Å²) in [5.41, 5.74) is -1.31. The molecule has 0 aliphatic heterocycles. The molecule has 0 atom stereocenters. The van der Waals surface area contributed by atoms with Crippen LogP contribution in [0.15, 0.2) is 64.8 Å². The number of amides is 1. The number of nitrogens with zero attached hydrogens (tertiary/aromatic N) is 5. The van der Waals surface area contributed by atoms with Gasteiger partial charge in [-0.15, -0.1) is 5.01 Å². The Hall–Kier alpha value is -4.67. The van der Waals surface area contributed by atoms with Crippen molar-refractivity contribution in [3.63, 3.8) is 0 Å². The third-order valence-corrected chi connectivity index (χ3v) is 7.62. The van der Waals surface area contributed by atoms with Gasteiger partial charge in [-0.05, 0) is 51.1 Å². The van der Waals surface area contributed by atoms with Crippen molar-refractivity contribution in [2.45, 2.75) is 50.7 Å². The van der Waals surface area contributed by atoms with Gasteiger partial charge in [0, 0.05) is 12.0 Å². The number of carbonyl (C=O) groups is 2. The molecule has 43 heavy (non-hydrogen) atoms. The van der Waals surface area contributed by atoms with E-state index in [2.05, 4.69) is 20.0 Å². The van der Waals surface area contributed by atoms with Gasteiger partial charge in [-0.2, -0.15) is 18.3 Å². The maximum atomic E-state index is 13.5. The molecular formula is C26H29F3N6O7S. The number of hydrogen-bond acceptors (Lipinski definition) is 9. The molecule has 0 radical (unpaired) electrons. The lowest BCUT2D eigenvalue weighted by Crippen LogP contribution is -2.56. The Morgan fingerprint density at radius 1 is 1.12 bits per heavy atom. The van der Waals surface area contributed by atoms with E-state index in [1.165, 1.54) is 26.0 Å². The van der Waals surface area contributed by atoms with Gasteiger partial charge in [0.05, 0.1) is 28.3 Å². The highest BCUT2D eigenvalue weighted by Gasteiger charge is 2.41. The highest BCUT2D eigenvalue weighted by atomic mass is 32.2. The zero-order valence-corrected chi connectivity index (χ0v) is 24.6. The summed E-state index contributed by atoms with van der Waals surface area (Å²) in [5.74, 6) is -1.71.